The van der Waals surface area contributed by atoms with Crippen molar-refractivity contribution in [2.45, 2.75) is 19.3 Å². The molecule has 20 heavy (non-hydrogen) atoms. The van der Waals surface area contributed by atoms with Crippen LogP contribution in [0.1, 0.15) is 12.5 Å². The van der Waals surface area contributed by atoms with Gasteiger partial charge in [-0.15, -0.1) is 11.6 Å². The topological polar surface area (TPSA) is 17.8 Å². The number of nitrogens with zero attached hydrogens (tertiary/aromatic N) is 2. The Kier molecular flexibility index (Phi) is 3.45. The van der Waals surface area contributed by atoms with Crippen LogP contribution in [0, 0.1) is 5.82 Å². The third-order valence-corrected chi connectivity index (χ3v) is 3.72. The Morgan fingerprint density at radius 3 is 2.55 bits per heavy atom. The van der Waals surface area contributed by atoms with Crippen LogP contribution in [0.25, 0.3) is 22.4 Å². The van der Waals surface area contributed by atoms with Crippen LogP contribution >= 0.6 is 11.6 Å². The second kappa shape index (κ2) is 5.25. The lowest BCUT2D eigenvalue weighted by Crippen LogP contribution is -1.97. The SMILES string of the molecule is CCn1c(-c2ccc(CCl)cc2)nc2c(F)cccc21. The summed E-state index contributed by atoms with van der Waals surface area (Å²) in [6.07, 6.45) is 0. The fourth-order valence-electron chi connectivity index (χ4n) is 2.40. The smallest absolute Gasteiger partial charge is 0.151 e. The van der Waals surface area contributed by atoms with Gasteiger partial charge in [0.1, 0.15) is 11.3 Å². The molecule has 1 heterocycles. The molecule has 0 amide bonds. The van der Waals surface area contributed by atoms with Gasteiger partial charge in [-0.2, -0.15) is 0 Å². The van der Waals surface area contributed by atoms with Crippen LogP contribution in [0.3, 0.4) is 0 Å². The van der Waals surface area contributed by atoms with Crippen LogP contribution in [0.15, 0.2) is 42.5 Å². The van der Waals surface area contributed by atoms with Crippen molar-refractivity contribution in [3.05, 3.63) is 53.8 Å². The molecule has 0 unspecified atom stereocenters. The Hall–Kier alpha value is -1.87. The summed E-state index contributed by atoms with van der Waals surface area (Å²) in [4.78, 5) is 4.46. The van der Waals surface area contributed by atoms with E-state index in [-0.39, 0.29) is 5.82 Å². The second-order valence-corrected chi connectivity index (χ2v) is 4.89. The largest absolute Gasteiger partial charge is 0.324 e. The summed E-state index contributed by atoms with van der Waals surface area (Å²) >= 11 is 5.80. The van der Waals surface area contributed by atoms with E-state index >= 15 is 0 Å². The lowest BCUT2D eigenvalue weighted by molar-refractivity contribution is 0.637. The van der Waals surface area contributed by atoms with Crippen molar-refractivity contribution < 1.29 is 4.39 Å². The highest BCUT2D eigenvalue weighted by Crippen LogP contribution is 2.26. The van der Waals surface area contributed by atoms with E-state index in [1.165, 1.54) is 6.07 Å². The molecule has 2 aromatic carbocycles. The molecule has 4 heteroatoms. The standard InChI is InChI=1S/C16H14ClFN2/c1-2-20-14-5-3-4-13(18)15(14)19-16(20)12-8-6-11(10-17)7-9-12/h3-9H,2,10H2,1H3. The molecule has 1 aromatic heterocycles. The molecule has 102 valence electrons. The van der Waals surface area contributed by atoms with Crippen molar-refractivity contribution in [1.82, 2.24) is 9.55 Å². The van der Waals surface area contributed by atoms with Crippen LogP contribution in [-0.2, 0) is 12.4 Å². The fraction of sp³-hybridized carbons (Fsp3) is 0.188. The third kappa shape index (κ3) is 2.08. The molecule has 0 radical (unpaired) electrons. The molecule has 0 aliphatic heterocycles. The minimum absolute atomic E-state index is 0.284. The highest BCUT2D eigenvalue weighted by Gasteiger charge is 2.13. The lowest BCUT2D eigenvalue weighted by Gasteiger charge is -2.06. The Morgan fingerprint density at radius 2 is 1.90 bits per heavy atom. The van der Waals surface area contributed by atoms with Crippen LogP contribution in [-0.4, -0.2) is 9.55 Å². The Morgan fingerprint density at radius 1 is 1.15 bits per heavy atom. The number of para-hydroxylation sites is 1. The maximum atomic E-state index is 13.9. The van der Waals surface area contributed by atoms with Gasteiger partial charge in [-0.05, 0) is 24.6 Å². The van der Waals surface area contributed by atoms with Gasteiger partial charge in [0.25, 0.3) is 0 Å². The van der Waals surface area contributed by atoms with Crippen LogP contribution in [0.5, 0.6) is 0 Å². The predicted octanol–water partition coefficient (Wildman–Crippen LogP) is 4.60. The van der Waals surface area contributed by atoms with E-state index in [4.69, 9.17) is 11.6 Å². The number of alkyl halides is 1. The van der Waals surface area contributed by atoms with Crippen LogP contribution in [0.2, 0.25) is 0 Å². The first-order valence-corrected chi connectivity index (χ1v) is 7.08. The predicted molar refractivity (Wildman–Crippen MR) is 80.4 cm³/mol. The number of halogens is 2. The maximum absolute atomic E-state index is 13.9. The molecule has 0 saturated carbocycles. The molecule has 0 saturated heterocycles. The van der Waals surface area contributed by atoms with Gasteiger partial charge in [-0.25, -0.2) is 9.37 Å². The molecule has 0 bridgehead atoms. The number of fused-ring (bicyclic) bond motifs is 1. The Labute approximate surface area is 121 Å². The normalized spacial score (nSPS) is 11.2. The molecule has 3 aromatic rings. The van der Waals surface area contributed by atoms with Gasteiger partial charge < -0.3 is 4.57 Å². The van der Waals surface area contributed by atoms with E-state index in [9.17, 15) is 4.39 Å². The molecule has 0 N–H and O–H groups in total. The maximum Gasteiger partial charge on any atom is 0.151 e. The summed E-state index contributed by atoms with van der Waals surface area (Å²) in [6, 6.07) is 12.9. The van der Waals surface area contributed by atoms with Gasteiger partial charge >= 0.3 is 0 Å². The quantitative estimate of drug-likeness (QED) is 0.644. The number of benzene rings is 2. The average molecular weight is 289 g/mol. The monoisotopic (exact) mass is 288 g/mol. The highest BCUT2D eigenvalue weighted by molar-refractivity contribution is 6.17. The van der Waals surface area contributed by atoms with Gasteiger partial charge in [0.05, 0.1) is 5.52 Å². The van der Waals surface area contributed by atoms with E-state index in [0.29, 0.717) is 11.4 Å². The number of imidazole rings is 1. The number of hydrogen-bond donors (Lipinski definition) is 0. The number of aryl methyl sites for hydroxylation is 1. The summed E-state index contributed by atoms with van der Waals surface area (Å²) in [5.74, 6) is 0.987. The minimum atomic E-state index is -0.284. The third-order valence-electron chi connectivity index (χ3n) is 3.41. The first kappa shape index (κ1) is 13.1. The summed E-state index contributed by atoms with van der Waals surface area (Å²) in [5.41, 5.74) is 3.27. The Balaban J connectivity index is 2.21. The molecule has 0 aliphatic carbocycles. The molecule has 0 atom stereocenters. The molecule has 2 nitrogen and oxygen atoms in total. The molecule has 0 fully saturated rings. The molecular weight excluding hydrogens is 275 g/mol. The van der Waals surface area contributed by atoms with Gasteiger partial charge in [0.2, 0.25) is 0 Å². The lowest BCUT2D eigenvalue weighted by atomic mass is 10.1. The van der Waals surface area contributed by atoms with Crippen molar-refractivity contribution in [2.24, 2.45) is 0 Å². The van der Waals surface area contributed by atoms with Crippen molar-refractivity contribution >= 4 is 22.6 Å². The van der Waals surface area contributed by atoms with E-state index < -0.39 is 0 Å². The first-order chi connectivity index (χ1) is 9.74. The number of aromatic nitrogens is 2. The molecule has 0 aliphatic rings. The molecule has 0 spiro atoms. The van der Waals surface area contributed by atoms with E-state index in [1.807, 2.05) is 41.8 Å². The number of rotatable bonds is 3. The van der Waals surface area contributed by atoms with E-state index in [0.717, 1.165) is 29.0 Å². The van der Waals surface area contributed by atoms with Gasteiger partial charge in [-0.3, -0.25) is 0 Å². The van der Waals surface area contributed by atoms with Gasteiger partial charge in [0, 0.05) is 18.0 Å². The van der Waals surface area contributed by atoms with Crippen molar-refractivity contribution in [1.29, 1.82) is 0 Å². The summed E-state index contributed by atoms with van der Waals surface area (Å²) in [6.45, 7) is 2.77. The zero-order valence-corrected chi connectivity index (χ0v) is 11.9. The van der Waals surface area contributed by atoms with Gasteiger partial charge in [0.15, 0.2) is 5.82 Å². The first-order valence-electron chi connectivity index (χ1n) is 6.54. The molecular formula is C16H14ClFN2. The van der Waals surface area contributed by atoms with Crippen molar-refractivity contribution in [2.75, 3.05) is 0 Å². The van der Waals surface area contributed by atoms with Gasteiger partial charge in [-0.1, -0.05) is 30.3 Å². The zero-order valence-electron chi connectivity index (χ0n) is 11.1. The van der Waals surface area contributed by atoms with Crippen molar-refractivity contribution in [3.8, 4) is 11.4 Å². The second-order valence-electron chi connectivity index (χ2n) is 4.62. The average Bonchev–Trinajstić information content (AvgIpc) is 2.87. The van der Waals surface area contributed by atoms with E-state index in [1.54, 1.807) is 6.07 Å². The van der Waals surface area contributed by atoms with Crippen LogP contribution in [0.4, 0.5) is 4.39 Å². The zero-order chi connectivity index (χ0) is 14.1. The highest BCUT2D eigenvalue weighted by atomic mass is 35.5. The van der Waals surface area contributed by atoms with Crippen molar-refractivity contribution in [3.63, 3.8) is 0 Å². The van der Waals surface area contributed by atoms with Crippen LogP contribution < -0.4 is 0 Å². The summed E-state index contributed by atoms with van der Waals surface area (Å²) < 4.78 is 15.9. The fourth-order valence-corrected chi connectivity index (χ4v) is 2.57. The molecule has 3 rings (SSSR count). The van der Waals surface area contributed by atoms with E-state index in [2.05, 4.69) is 4.98 Å². The summed E-state index contributed by atoms with van der Waals surface area (Å²) in [5, 5.41) is 0. The Bertz CT molecular complexity index is 747. The number of hydrogen-bond acceptors (Lipinski definition) is 1. The minimum Gasteiger partial charge on any atom is -0.324 e. The summed E-state index contributed by atoms with van der Waals surface area (Å²) in [7, 11) is 0.